The van der Waals surface area contributed by atoms with E-state index in [9.17, 15) is 0 Å². The summed E-state index contributed by atoms with van der Waals surface area (Å²) in [6.07, 6.45) is 3.57. The SMILES string of the molecule is Cn1c(COc2ccc(CC3CNCS3)cc2)nc2ccc(Oc3ccccc3N3CCCC3)cc21. The van der Waals surface area contributed by atoms with E-state index in [0.717, 1.165) is 66.0 Å². The van der Waals surface area contributed by atoms with Gasteiger partial charge in [0.1, 0.15) is 23.9 Å². The molecule has 2 aliphatic heterocycles. The molecule has 36 heavy (non-hydrogen) atoms. The van der Waals surface area contributed by atoms with Crippen molar-refractivity contribution in [3.05, 3.63) is 78.1 Å². The highest BCUT2D eigenvalue weighted by atomic mass is 32.2. The van der Waals surface area contributed by atoms with Crippen LogP contribution >= 0.6 is 11.8 Å². The van der Waals surface area contributed by atoms with Crippen molar-refractivity contribution >= 4 is 28.5 Å². The summed E-state index contributed by atoms with van der Waals surface area (Å²) >= 11 is 2.00. The number of fused-ring (bicyclic) bond motifs is 1. The molecule has 6 nitrogen and oxygen atoms in total. The van der Waals surface area contributed by atoms with Gasteiger partial charge in [-0.1, -0.05) is 24.3 Å². The zero-order chi connectivity index (χ0) is 24.3. The maximum absolute atomic E-state index is 6.36. The Bertz CT molecular complexity index is 1330. The van der Waals surface area contributed by atoms with Gasteiger partial charge in [-0.25, -0.2) is 4.98 Å². The molecule has 1 atom stereocenters. The summed E-state index contributed by atoms with van der Waals surface area (Å²) in [6, 6.07) is 22.9. The standard InChI is InChI=1S/C29H32N4O2S/c1-32-27-17-23(35-28-7-3-2-6-26(28)33-14-4-5-15-33)12-13-25(27)31-29(32)19-34-22-10-8-21(9-11-22)16-24-18-30-20-36-24/h2-3,6-13,17,24,30H,4-5,14-16,18-20H2,1H3. The van der Waals surface area contributed by atoms with E-state index < -0.39 is 0 Å². The van der Waals surface area contributed by atoms with Crippen LogP contribution in [-0.2, 0) is 20.1 Å². The van der Waals surface area contributed by atoms with Gasteiger partial charge in [-0.15, -0.1) is 11.8 Å². The summed E-state index contributed by atoms with van der Waals surface area (Å²) in [5, 5.41) is 4.07. The lowest BCUT2D eigenvalue weighted by Crippen LogP contribution is -2.18. The van der Waals surface area contributed by atoms with Gasteiger partial charge in [-0.2, -0.15) is 0 Å². The molecular weight excluding hydrogens is 468 g/mol. The highest BCUT2D eigenvalue weighted by Gasteiger charge is 2.18. The van der Waals surface area contributed by atoms with Crippen LogP contribution in [-0.4, -0.2) is 40.3 Å². The summed E-state index contributed by atoms with van der Waals surface area (Å²) in [4.78, 5) is 7.21. The monoisotopic (exact) mass is 500 g/mol. The van der Waals surface area contributed by atoms with Gasteiger partial charge in [0.05, 0.1) is 16.7 Å². The zero-order valence-electron chi connectivity index (χ0n) is 20.7. The van der Waals surface area contributed by atoms with Crippen LogP contribution in [0.25, 0.3) is 11.0 Å². The van der Waals surface area contributed by atoms with Gasteiger partial charge in [0.15, 0.2) is 5.75 Å². The largest absolute Gasteiger partial charge is 0.486 e. The number of aryl methyl sites for hydroxylation is 1. The molecule has 0 amide bonds. The van der Waals surface area contributed by atoms with E-state index in [1.807, 2.05) is 37.0 Å². The predicted molar refractivity (Wildman–Crippen MR) is 147 cm³/mol. The quantitative estimate of drug-likeness (QED) is 0.333. The lowest BCUT2D eigenvalue weighted by atomic mass is 10.1. The number of rotatable bonds is 8. The Morgan fingerprint density at radius 2 is 1.81 bits per heavy atom. The molecule has 0 radical (unpaired) electrons. The second kappa shape index (κ2) is 10.4. The van der Waals surface area contributed by atoms with Gasteiger partial charge in [-0.05, 0) is 61.2 Å². The molecule has 7 heteroatoms. The van der Waals surface area contributed by atoms with Gasteiger partial charge >= 0.3 is 0 Å². The lowest BCUT2D eigenvalue weighted by molar-refractivity contribution is 0.292. The Labute approximate surface area is 216 Å². The van der Waals surface area contributed by atoms with Crippen LogP contribution in [0, 0.1) is 0 Å². The Morgan fingerprint density at radius 1 is 1.00 bits per heavy atom. The van der Waals surface area contributed by atoms with Crippen LogP contribution in [0.3, 0.4) is 0 Å². The average Bonchev–Trinajstić information content (AvgIpc) is 3.67. The summed E-state index contributed by atoms with van der Waals surface area (Å²) in [6.45, 7) is 3.68. The van der Waals surface area contributed by atoms with E-state index in [-0.39, 0.29) is 0 Å². The Hall–Kier alpha value is -3.16. The maximum atomic E-state index is 6.36. The van der Waals surface area contributed by atoms with Gasteiger partial charge in [0.2, 0.25) is 0 Å². The molecular formula is C29H32N4O2S. The molecule has 0 aliphatic carbocycles. The van der Waals surface area contributed by atoms with Crippen molar-refractivity contribution in [2.24, 2.45) is 7.05 Å². The van der Waals surface area contributed by atoms with E-state index in [1.54, 1.807) is 0 Å². The van der Waals surface area contributed by atoms with Crippen LogP contribution in [0.2, 0.25) is 0 Å². The molecule has 0 bridgehead atoms. The minimum atomic E-state index is 0.418. The highest BCUT2D eigenvalue weighted by molar-refractivity contribution is 8.00. The van der Waals surface area contributed by atoms with Gasteiger partial charge < -0.3 is 24.3 Å². The van der Waals surface area contributed by atoms with Crippen LogP contribution in [0.1, 0.15) is 24.2 Å². The normalized spacial score (nSPS) is 17.7. The van der Waals surface area contributed by atoms with Crippen molar-refractivity contribution in [3.63, 3.8) is 0 Å². The highest BCUT2D eigenvalue weighted by Crippen LogP contribution is 2.35. The molecule has 1 aromatic heterocycles. The Kier molecular flexibility index (Phi) is 6.75. The molecule has 2 aliphatic rings. The number of thioether (sulfide) groups is 1. The number of anilines is 1. The topological polar surface area (TPSA) is 51.6 Å². The summed E-state index contributed by atoms with van der Waals surface area (Å²) in [7, 11) is 2.03. The molecule has 2 fully saturated rings. The fraction of sp³-hybridized carbons (Fsp3) is 0.345. The average molecular weight is 501 g/mol. The van der Waals surface area contributed by atoms with Crippen molar-refractivity contribution in [1.82, 2.24) is 14.9 Å². The van der Waals surface area contributed by atoms with E-state index in [2.05, 4.69) is 63.3 Å². The van der Waals surface area contributed by atoms with Crippen molar-refractivity contribution in [3.8, 4) is 17.2 Å². The number of hydrogen-bond acceptors (Lipinski definition) is 6. The van der Waals surface area contributed by atoms with Crippen LogP contribution in [0.5, 0.6) is 17.2 Å². The zero-order valence-corrected chi connectivity index (χ0v) is 21.5. The second-order valence-electron chi connectivity index (χ2n) is 9.53. The molecule has 1 N–H and O–H groups in total. The molecule has 2 saturated heterocycles. The van der Waals surface area contributed by atoms with Crippen molar-refractivity contribution in [2.45, 2.75) is 31.1 Å². The van der Waals surface area contributed by atoms with E-state index >= 15 is 0 Å². The first kappa shape index (κ1) is 23.3. The molecule has 0 spiro atoms. The van der Waals surface area contributed by atoms with Gasteiger partial charge in [0.25, 0.3) is 0 Å². The first-order chi connectivity index (χ1) is 17.7. The van der Waals surface area contributed by atoms with Crippen molar-refractivity contribution in [1.29, 1.82) is 0 Å². The summed E-state index contributed by atoms with van der Waals surface area (Å²) in [5.74, 6) is 4.53. The number of nitrogens with zero attached hydrogens (tertiary/aromatic N) is 3. The van der Waals surface area contributed by atoms with Gasteiger partial charge in [0, 0.05) is 43.9 Å². The third kappa shape index (κ3) is 5.04. The molecule has 0 saturated carbocycles. The summed E-state index contributed by atoms with van der Waals surface area (Å²) < 4.78 is 14.5. The number of para-hydroxylation sites is 2. The molecule has 3 aromatic carbocycles. The Balaban J connectivity index is 1.14. The first-order valence-corrected chi connectivity index (χ1v) is 13.8. The van der Waals surface area contributed by atoms with E-state index in [0.29, 0.717) is 11.9 Å². The third-order valence-corrected chi connectivity index (χ3v) is 8.21. The number of benzene rings is 3. The smallest absolute Gasteiger partial charge is 0.150 e. The lowest BCUT2D eigenvalue weighted by Gasteiger charge is -2.21. The predicted octanol–water partition coefficient (Wildman–Crippen LogP) is 5.75. The fourth-order valence-corrected chi connectivity index (χ4v) is 6.04. The number of imidazole rings is 1. The number of hydrogen-bond donors (Lipinski definition) is 1. The minimum absolute atomic E-state index is 0.418. The molecule has 3 heterocycles. The van der Waals surface area contributed by atoms with Gasteiger partial charge in [-0.3, -0.25) is 0 Å². The van der Waals surface area contributed by atoms with E-state index in [1.165, 1.54) is 24.1 Å². The number of nitrogens with one attached hydrogen (secondary N) is 1. The number of ether oxygens (including phenoxy) is 2. The molecule has 1 unspecified atom stereocenters. The maximum Gasteiger partial charge on any atom is 0.150 e. The van der Waals surface area contributed by atoms with Crippen molar-refractivity contribution in [2.75, 3.05) is 30.4 Å². The van der Waals surface area contributed by atoms with Crippen molar-refractivity contribution < 1.29 is 9.47 Å². The molecule has 6 rings (SSSR count). The fourth-order valence-electron chi connectivity index (χ4n) is 5.02. The minimum Gasteiger partial charge on any atom is -0.486 e. The Morgan fingerprint density at radius 3 is 2.61 bits per heavy atom. The first-order valence-electron chi connectivity index (χ1n) is 12.7. The van der Waals surface area contributed by atoms with Crippen LogP contribution < -0.4 is 19.7 Å². The van der Waals surface area contributed by atoms with E-state index in [4.69, 9.17) is 14.5 Å². The van der Waals surface area contributed by atoms with Crippen LogP contribution in [0.4, 0.5) is 5.69 Å². The third-order valence-electron chi connectivity index (χ3n) is 7.03. The second-order valence-corrected chi connectivity index (χ2v) is 10.8. The van der Waals surface area contributed by atoms with Crippen LogP contribution in [0.15, 0.2) is 66.7 Å². The number of aromatic nitrogens is 2. The summed E-state index contributed by atoms with van der Waals surface area (Å²) in [5.41, 5.74) is 4.49. The molecule has 186 valence electrons. The molecule has 4 aromatic rings.